The van der Waals surface area contributed by atoms with Crippen molar-refractivity contribution in [2.24, 2.45) is 0 Å². The van der Waals surface area contributed by atoms with E-state index in [9.17, 15) is 13.2 Å². The standard InChI is InChI=1S/C17H17N3O3S/c1-12-6-8-14(11-18-12)24(22,23)20-17(21)9-7-13-10-19-16-5-3-2-4-15(13)16/h2-6,8,10-11,19H,7,9H2,1H3,(H,20,21). The molecule has 3 aromatic rings. The summed E-state index contributed by atoms with van der Waals surface area (Å²) in [6.07, 6.45) is 3.62. The third-order valence-corrected chi connectivity index (χ3v) is 5.10. The largest absolute Gasteiger partial charge is 0.361 e. The van der Waals surface area contributed by atoms with E-state index in [4.69, 9.17) is 0 Å². The van der Waals surface area contributed by atoms with Gasteiger partial charge in [-0.3, -0.25) is 9.78 Å². The summed E-state index contributed by atoms with van der Waals surface area (Å²) in [6, 6.07) is 10.8. The Morgan fingerprint density at radius 1 is 1.21 bits per heavy atom. The van der Waals surface area contributed by atoms with Crippen molar-refractivity contribution >= 4 is 26.8 Å². The Balaban J connectivity index is 1.66. The van der Waals surface area contributed by atoms with Gasteiger partial charge in [0, 0.05) is 35.4 Å². The monoisotopic (exact) mass is 343 g/mol. The molecule has 0 aliphatic carbocycles. The molecule has 0 saturated carbocycles. The number of aromatic amines is 1. The van der Waals surface area contributed by atoms with Crippen LogP contribution < -0.4 is 4.72 Å². The molecule has 124 valence electrons. The van der Waals surface area contributed by atoms with E-state index in [0.29, 0.717) is 12.1 Å². The molecule has 0 saturated heterocycles. The molecule has 2 heterocycles. The number of para-hydroxylation sites is 1. The first-order valence-corrected chi connectivity index (χ1v) is 8.97. The van der Waals surface area contributed by atoms with Crippen molar-refractivity contribution in [3.8, 4) is 0 Å². The molecule has 1 amide bonds. The highest BCUT2D eigenvalue weighted by Crippen LogP contribution is 2.19. The molecule has 6 nitrogen and oxygen atoms in total. The molecule has 0 spiro atoms. The Bertz CT molecular complexity index is 976. The second-order valence-electron chi connectivity index (χ2n) is 5.52. The number of rotatable bonds is 5. The van der Waals surface area contributed by atoms with Gasteiger partial charge in [-0.25, -0.2) is 13.1 Å². The maximum absolute atomic E-state index is 12.1. The maximum atomic E-state index is 12.1. The van der Waals surface area contributed by atoms with Gasteiger partial charge in [0.2, 0.25) is 5.91 Å². The van der Waals surface area contributed by atoms with Gasteiger partial charge in [-0.2, -0.15) is 0 Å². The average Bonchev–Trinajstić information content (AvgIpc) is 2.96. The fourth-order valence-electron chi connectivity index (χ4n) is 2.46. The number of sulfonamides is 1. The van der Waals surface area contributed by atoms with Crippen LogP contribution in [-0.2, 0) is 21.2 Å². The van der Waals surface area contributed by atoms with Crippen LogP contribution in [-0.4, -0.2) is 24.3 Å². The van der Waals surface area contributed by atoms with Gasteiger partial charge in [0.25, 0.3) is 10.0 Å². The summed E-state index contributed by atoms with van der Waals surface area (Å²) in [6.45, 7) is 1.76. The van der Waals surface area contributed by atoms with Crippen molar-refractivity contribution in [2.45, 2.75) is 24.7 Å². The highest BCUT2D eigenvalue weighted by Gasteiger charge is 2.18. The lowest BCUT2D eigenvalue weighted by Gasteiger charge is -2.06. The number of pyridine rings is 1. The minimum atomic E-state index is -3.88. The summed E-state index contributed by atoms with van der Waals surface area (Å²) in [5.74, 6) is -0.541. The van der Waals surface area contributed by atoms with Gasteiger partial charge >= 0.3 is 0 Å². The average molecular weight is 343 g/mol. The lowest BCUT2D eigenvalue weighted by molar-refractivity contribution is -0.119. The zero-order chi connectivity index (χ0) is 17.2. The minimum absolute atomic E-state index is 0.0199. The molecule has 0 atom stereocenters. The van der Waals surface area contributed by atoms with Crippen molar-refractivity contribution in [3.05, 3.63) is 60.0 Å². The number of nitrogens with one attached hydrogen (secondary N) is 2. The highest BCUT2D eigenvalue weighted by molar-refractivity contribution is 7.90. The quantitative estimate of drug-likeness (QED) is 0.743. The van der Waals surface area contributed by atoms with Crippen LogP contribution in [0.5, 0.6) is 0 Å². The van der Waals surface area contributed by atoms with Crippen molar-refractivity contribution < 1.29 is 13.2 Å². The van der Waals surface area contributed by atoms with Crippen LogP contribution in [0.4, 0.5) is 0 Å². The Morgan fingerprint density at radius 3 is 2.75 bits per heavy atom. The Labute approximate surface area is 140 Å². The van der Waals surface area contributed by atoms with E-state index in [-0.39, 0.29) is 11.3 Å². The molecule has 0 unspecified atom stereocenters. The van der Waals surface area contributed by atoms with Crippen molar-refractivity contribution in [1.82, 2.24) is 14.7 Å². The molecule has 2 aromatic heterocycles. The van der Waals surface area contributed by atoms with Crippen LogP contribution in [0.1, 0.15) is 17.7 Å². The molecule has 0 fully saturated rings. The van der Waals surface area contributed by atoms with Crippen molar-refractivity contribution in [1.29, 1.82) is 0 Å². The van der Waals surface area contributed by atoms with E-state index in [2.05, 4.69) is 14.7 Å². The predicted molar refractivity (Wildman–Crippen MR) is 90.9 cm³/mol. The van der Waals surface area contributed by atoms with Gasteiger partial charge in [0.05, 0.1) is 0 Å². The minimum Gasteiger partial charge on any atom is -0.361 e. The molecule has 0 bridgehead atoms. The van der Waals surface area contributed by atoms with Crippen LogP contribution in [0.3, 0.4) is 0 Å². The lowest BCUT2D eigenvalue weighted by atomic mass is 10.1. The third-order valence-electron chi connectivity index (χ3n) is 3.74. The van der Waals surface area contributed by atoms with Gasteiger partial charge in [0.1, 0.15) is 4.90 Å². The van der Waals surface area contributed by atoms with E-state index in [1.54, 1.807) is 13.0 Å². The van der Waals surface area contributed by atoms with E-state index < -0.39 is 15.9 Å². The number of aromatic nitrogens is 2. The number of amides is 1. The zero-order valence-electron chi connectivity index (χ0n) is 13.1. The summed E-state index contributed by atoms with van der Waals surface area (Å²) >= 11 is 0. The van der Waals surface area contributed by atoms with Gasteiger partial charge in [-0.1, -0.05) is 18.2 Å². The number of carbonyl (C=O) groups is 1. The summed E-state index contributed by atoms with van der Waals surface area (Å²) in [5, 5.41) is 1.04. The molecule has 0 aliphatic heterocycles. The fourth-order valence-corrected chi connectivity index (χ4v) is 3.42. The number of hydrogen-bond donors (Lipinski definition) is 2. The topological polar surface area (TPSA) is 91.9 Å². The summed E-state index contributed by atoms with van der Waals surface area (Å²) in [4.78, 5) is 19.1. The molecule has 0 radical (unpaired) electrons. The normalized spacial score (nSPS) is 11.5. The van der Waals surface area contributed by atoms with Gasteiger partial charge < -0.3 is 4.98 Å². The second kappa shape index (κ2) is 6.45. The predicted octanol–water partition coefficient (Wildman–Crippen LogP) is 2.31. The molecule has 7 heteroatoms. The van der Waals surface area contributed by atoms with Gasteiger partial charge in [-0.15, -0.1) is 0 Å². The van der Waals surface area contributed by atoms with Gasteiger partial charge in [0.15, 0.2) is 0 Å². The smallest absolute Gasteiger partial charge is 0.265 e. The summed E-state index contributed by atoms with van der Waals surface area (Å²) in [7, 11) is -3.88. The number of H-pyrrole nitrogens is 1. The molecule has 3 rings (SSSR count). The van der Waals surface area contributed by atoms with Crippen LogP contribution in [0.25, 0.3) is 10.9 Å². The lowest BCUT2D eigenvalue weighted by Crippen LogP contribution is -2.30. The molecular weight excluding hydrogens is 326 g/mol. The molecule has 1 aromatic carbocycles. The van der Waals surface area contributed by atoms with E-state index >= 15 is 0 Å². The number of nitrogens with zero attached hydrogens (tertiary/aromatic N) is 1. The number of aryl methyl sites for hydroxylation is 2. The second-order valence-corrected chi connectivity index (χ2v) is 7.21. The van der Waals surface area contributed by atoms with E-state index in [0.717, 1.165) is 16.5 Å². The maximum Gasteiger partial charge on any atom is 0.265 e. The van der Waals surface area contributed by atoms with Crippen molar-refractivity contribution in [3.63, 3.8) is 0 Å². The SMILES string of the molecule is Cc1ccc(S(=O)(=O)NC(=O)CCc2c[nH]c3ccccc23)cn1. The van der Waals surface area contributed by atoms with Crippen LogP contribution in [0.2, 0.25) is 0 Å². The Hall–Kier alpha value is -2.67. The van der Waals surface area contributed by atoms with E-state index in [1.165, 1.54) is 12.3 Å². The Morgan fingerprint density at radius 2 is 2.00 bits per heavy atom. The molecule has 0 aliphatic rings. The van der Waals surface area contributed by atoms with E-state index in [1.807, 2.05) is 30.5 Å². The van der Waals surface area contributed by atoms with Crippen LogP contribution in [0.15, 0.2) is 53.7 Å². The zero-order valence-corrected chi connectivity index (χ0v) is 13.9. The Kier molecular flexibility index (Phi) is 4.35. The molecule has 2 N–H and O–H groups in total. The first-order chi connectivity index (χ1) is 11.5. The number of benzene rings is 1. The van der Waals surface area contributed by atoms with Gasteiger partial charge in [-0.05, 0) is 37.1 Å². The van der Waals surface area contributed by atoms with Crippen LogP contribution >= 0.6 is 0 Å². The number of hydrogen-bond acceptors (Lipinski definition) is 4. The molecule has 24 heavy (non-hydrogen) atoms. The first-order valence-electron chi connectivity index (χ1n) is 7.49. The molecular formula is C17H17N3O3S. The summed E-state index contributed by atoms with van der Waals surface area (Å²) in [5.41, 5.74) is 2.68. The highest BCUT2D eigenvalue weighted by atomic mass is 32.2. The summed E-state index contributed by atoms with van der Waals surface area (Å²) < 4.78 is 26.4. The number of carbonyl (C=O) groups excluding carboxylic acids is 1. The number of fused-ring (bicyclic) bond motifs is 1. The fraction of sp³-hybridized carbons (Fsp3) is 0.176. The first kappa shape index (κ1) is 16.2. The van der Waals surface area contributed by atoms with Crippen LogP contribution in [0, 0.1) is 6.92 Å². The van der Waals surface area contributed by atoms with Crippen molar-refractivity contribution in [2.75, 3.05) is 0 Å². The third kappa shape index (κ3) is 3.46.